The molecule has 0 unspecified atom stereocenters. The van der Waals surface area contributed by atoms with Crippen molar-refractivity contribution in [1.29, 1.82) is 0 Å². The molecule has 178 valence electrons. The minimum atomic E-state index is -0.525. The summed E-state index contributed by atoms with van der Waals surface area (Å²) in [7, 11) is 1.54. The first kappa shape index (κ1) is 24.4. The van der Waals surface area contributed by atoms with Crippen molar-refractivity contribution < 1.29 is 23.9 Å². The van der Waals surface area contributed by atoms with Crippen molar-refractivity contribution in [2.75, 3.05) is 19.0 Å². The molecule has 0 bridgehead atoms. The van der Waals surface area contributed by atoms with Gasteiger partial charge in [-0.15, -0.1) is 0 Å². The van der Waals surface area contributed by atoms with Gasteiger partial charge in [-0.1, -0.05) is 48.0 Å². The zero-order valence-corrected chi connectivity index (χ0v) is 20.3. The van der Waals surface area contributed by atoms with Crippen LogP contribution in [0.5, 0.6) is 11.5 Å². The summed E-state index contributed by atoms with van der Waals surface area (Å²) < 4.78 is 11.3. The van der Waals surface area contributed by atoms with Gasteiger partial charge in [-0.3, -0.25) is 19.3 Å². The van der Waals surface area contributed by atoms with Crippen LogP contribution in [0.3, 0.4) is 0 Å². The Labute approximate surface area is 211 Å². The molecule has 3 amide bonds. The highest BCUT2D eigenvalue weighted by Gasteiger charge is 2.36. The number of thioether (sulfide) groups is 1. The second kappa shape index (κ2) is 11.1. The summed E-state index contributed by atoms with van der Waals surface area (Å²) in [5, 5.41) is 2.81. The number of methoxy groups -OCH3 is 1. The van der Waals surface area contributed by atoms with E-state index in [4.69, 9.17) is 21.1 Å². The smallest absolute Gasteiger partial charge is 0.294 e. The van der Waals surface area contributed by atoms with Crippen LogP contribution in [0.25, 0.3) is 6.08 Å². The molecule has 3 aromatic rings. The predicted octanol–water partition coefficient (Wildman–Crippen LogP) is 5.60. The van der Waals surface area contributed by atoms with E-state index in [9.17, 15) is 14.4 Å². The van der Waals surface area contributed by atoms with E-state index in [1.165, 1.54) is 7.11 Å². The molecule has 0 aliphatic carbocycles. The zero-order valence-electron chi connectivity index (χ0n) is 18.7. The largest absolute Gasteiger partial charge is 0.493 e. The van der Waals surface area contributed by atoms with E-state index in [0.29, 0.717) is 34.4 Å². The van der Waals surface area contributed by atoms with Crippen molar-refractivity contribution in [1.82, 2.24) is 4.90 Å². The average molecular weight is 509 g/mol. The number of imide groups is 1. The van der Waals surface area contributed by atoms with E-state index < -0.39 is 17.1 Å². The van der Waals surface area contributed by atoms with E-state index >= 15 is 0 Å². The fourth-order valence-electron chi connectivity index (χ4n) is 3.29. The maximum absolute atomic E-state index is 12.8. The molecule has 1 heterocycles. The van der Waals surface area contributed by atoms with Crippen LogP contribution in [0, 0.1) is 0 Å². The minimum Gasteiger partial charge on any atom is -0.493 e. The van der Waals surface area contributed by atoms with Crippen LogP contribution in [0.2, 0.25) is 5.02 Å². The molecule has 0 spiro atoms. The zero-order chi connectivity index (χ0) is 24.8. The summed E-state index contributed by atoms with van der Waals surface area (Å²) in [6, 6.07) is 21.3. The lowest BCUT2D eigenvalue weighted by Gasteiger charge is -2.12. The highest BCUT2D eigenvalue weighted by Crippen LogP contribution is 2.34. The number of halogens is 1. The monoisotopic (exact) mass is 508 g/mol. The number of rotatable bonds is 8. The van der Waals surface area contributed by atoms with Crippen LogP contribution in [0.1, 0.15) is 11.1 Å². The highest BCUT2D eigenvalue weighted by atomic mass is 35.5. The summed E-state index contributed by atoms with van der Waals surface area (Å²) >= 11 is 6.71. The van der Waals surface area contributed by atoms with Crippen LogP contribution >= 0.6 is 23.4 Å². The molecule has 9 heteroatoms. The first-order valence-corrected chi connectivity index (χ1v) is 11.8. The summed E-state index contributed by atoms with van der Waals surface area (Å²) in [5.41, 5.74) is 2.16. The summed E-state index contributed by atoms with van der Waals surface area (Å²) in [5.74, 6) is 0.0317. The molecule has 35 heavy (non-hydrogen) atoms. The van der Waals surface area contributed by atoms with E-state index in [1.807, 2.05) is 18.2 Å². The number of ether oxygens (including phenoxy) is 2. The van der Waals surface area contributed by atoms with Crippen LogP contribution in [-0.2, 0) is 16.2 Å². The first-order valence-electron chi connectivity index (χ1n) is 10.6. The Morgan fingerprint density at radius 1 is 1.03 bits per heavy atom. The van der Waals surface area contributed by atoms with Gasteiger partial charge in [-0.25, -0.2) is 0 Å². The molecular weight excluding hydrogens is 488 g/mol. The average Bonchev–Trinajstić information content (AvgIpc) is 3.11. The highest BCUT2D eigenvalue weighted by molar-refractivity contribution is 8.18. The van der Waals surface area contributed by atoms with Gasteiger partial charge in [0.1, 0.15) is 13.2 Å². The van der Waals surface area contributed by atoms with Gasteiger partial charge >= 0.3 is 0 Å². The number of nitrogens with one attached hydrogen (secondary N) is 1. The van der Waals surface area contributed by atoms with Crippen molar-refractivity contribution >= 4 is 52.2 Å². The standard InChI is InChI=1S/C26H21ClN2O5S/c1-33-21-12-9-18(13-22(21)34-16-17-7-10-19(27)11-8-17)14-23-25(31)29(26(32)35-23)15-24(30)28-20-5-3-2-4-6-20/h2-14H,15-16H2,1H3,(H,28,30)/b23-14-. The molecule has 1 aliphatic rings. The Hall–Kier alpha value is -3.75. The Balaban J connectivity index is 1.45. The van der Waals surface area contributed by atoms with Crippen molar-refractivity contribution in [2.24, 2.45) is 0 Å². The molecule has 4 rings (SSSR count). The number of para-hydroxylation sites is 1. The quantitative estimate of drug-likeness (QED) is 0.398. The van der Waals surface area contributed by atoms with E-state index in [1.54, 1.807) is 60.7 Å². The number of amides is 3. The van der Waals surface area contributed by atoms with Gasteiger partial charge in [-0.2, -0.15) is 0 Å². The van der Waals surface area contributed by atoms with Crippen molar-refractivity contribution in [3.8, 4) is 11.5 Å². The van der Waals surface area contributed by atoms with Crippen LogP contribution in [0.15, 0.2) is 77.7 Å². The second-order valence-corrected chi connectivity index (χ2v) is 8.94. The molecule has 0 atom stereocenters. The van der Waals surface area contributed by atoms with Gasteiger partial charge in [0.2, 0.25) is 5.91 Å². The van der Waals surface area contributed by atoms with Crippen molar-refractivity contribution in [3.05, 3.63) is 93.9 Å². The van der Waals surface area contributed by atoms with Crippen LogP contribution in [-0.4, -0.2) is 35.6 Å². The predicted molar refractivity (Wildman–Crippen MR) is 137 cm³/mol. The third-order valence-corrected chi connectivity index (χ3v) is 6.19. The van der Waals surface area contributed by atoms with Gasteiger partial charge in [0.15, 0.2) is 11.5 Å². The first-order chi connectivity index (χ1) is 16.9. The molecule has 0 aromatic heterocycles. The number of benzene rings is 3. The number of carbonyl (C=O) groups is 3. The van der Waals surface area contributed by atoms with Gasteiger partial charge in [0.05, 0.1) is 12.0 Å². The van der Waals surface area contributed by atoms with E-state index in [2.05, 4.69) is 5.32 Å². The van der Waals surface area contributed by atoms with Crippen molar-refractivity contribution in [2.45, 2.75) is 6.61 Å². The third-order valence-electron chi connectivity index (χ3n) is 5.03. The Bertz CT molecular complexity index is 1280. The van der Waals surface area contributed by atoms with Crippen LogP contribution in [0.4, 0.5) is 10.5 Å². The number of hydrogen-bond acceptors (Lipinski definition) is 6. The second-order valence-electron chi connectivity index (χ2n) is 7.51. The number of carbonyl (C=O) groups excluding carboxylic acids is 3. The third kappa shape index (κ3) is 6.23. The maximum Gasteiger partial charge on any atom is 0.294 e. The SMILES string of the molecule is COc1ccc(/C=C2\SC(=O)N(CC(=O)Nc3ccccc3)C2=O)cc1OCc1ccc(Cl)cc1. The lowest BCUT2D eigenvalue weighted by molar-refractivity contribution is -0.127. The lowest BCUT2D eigenvalue weighted by atomic mass is 10.1. The normalized spacial score (nSPS) is 14.3. The van der Waals surface area contributed by atoms with Gasteiger partial charge in [0, 0.05) is 10.7 Å². The van der Waals surface area contributed by atoms with E-state index in [0.717, 1.165) is 22.2 Å². The lowest BCUT2D eigenvalue weighted by Crippen LogP contribution is -2.36. The fraction of sp³-hybridized carbons (Fsp3) is 0.115. The van der Waals surface area contributed by atoms with Gasteiger partial charge < -0.3 is 14.8 Å². The molecule has 1 fully saturated rings. The van der Waals surface area contributed by atoms with Crippen molar-refractivity contribution in [3.63, 3.8) is 0 Å². The summed E-state index contributed by atoms with van der Waals surface area (Å²) in [4.78, 5) is 38.7. The molecule has 7 nitrogen and oxygen atoms in total. The van der Waals surface area contributed by atoms with Crippen LogP contribution < -0.4 is 14.8 Å². The van der Waals surface area contributed by atoms with Gasteiger partial charge in [-0.05, 0) is 65.4 Å². The molecular formula is C26H21ClN2O5S. The molecule has 0 radical (unpaired) electrons. The molecule has 1 saturated heterocycles. The topological polar surface area (TPSA) is 84.9 Å². The Morgan fingerprint density at radius 2 is 1.77 bits per heavy atom. The fourth-order valence-corrected chi connectivity index (χ4v) is 4.26. The Morgan fingerprint density at radius 3 is 2.49 bits per heavy atom. The molecule has 3 aromatic carbocycles. The molecule has 1 N–H and O–H groups in total. The summed E-state index contributed by atoms with van der Waals surface area (Å²) in [6.45, 7) is -0.0704. The number of hydrogen-bond donors (Lipinski definition) is 1. The summed E-state index contributed by atoms with van der Waals surface area (Å²) in [6.07, 6.45) is 1.59. The van der Waals surface area contributed by atoms with E-state index in [-0.39, 0.29) is 11.4 Å². The molecule has 0 saturated carbocycles. The molecule has 1 aliphatic heterocycles. The number of nitrogens with zero attached hydrogens (tertiary/aromatic N) is 1. The minimum absolute atomic E-state index is 0.219. The number of anilines is 1. The van der Waals surface area contributed by atoms with Gasteiger partial charge in [0.25, 0.3) is 11.1 Å². The maximum atomic E-state index is 12.8. The Kier molecular flexibility index (Phi) is 7.74.